The van der Waals surface area contributed by atoms with Crippen molar-refractivity contribution in [2.24, 2.45) is 5.92 Å². The molecule has 1 heterocycles. The molecule has 11 heteroatoms. The van der Waals surface area contributed by atoms with Gasteiger partial charge < -0.3 is 31.3 Å². The SMILES string of the molecule is COCCNC(=O)C1=C(C(=O)NC2CCC(C(=O)Nc3ccc(F)cc3Cl)CC2)NCN1. The Labute approximate surface area is 190 Å². The average molecular weight is 468 g/mol. The van der Waals surface area contributed by atoms with Crippen molar-refractivity contribution in [3.05, 3.63) is 40.4 Å². The van der Waals surface area contributed by atoms with E-state index in [9.17, 15) is 18.8 Å². The maximum absolute atomic E-state index is 13.2. The quantitative estimate of drug-likeness (QED) is 0.367. The Morgan fingerprint density at radius 2 is 1.81 bits per heavy atom. The van der Waals surface area contributed by atoms with Crippen LogP contribution in [0.5, 0.6) is 0 Å². The molecule has 0 radical (unpaired) electrons. The van der Waals surface area contributed by atoms with Crippen molar-refractivity contribution in [3.63, 3.8) is 0 Å². The molecule has 5 N–H and O–H groups in total. The zero-order chi connectivity index (χ0) is 23.1. The van der Waals surface area contributed by atoms with Crippen molar-refractivity contribution >= 4 is 35.0 Å². The predicted octanol–water partition coefficient (Wildman–Crippen LogP) is 1.22. The number of nitrogens with one attached hydrogen (secondary N) is 5. The van der Waals surface area contributed by atoms with Gasteiger partial charge in [0.15, 0.2) is 0 Å². The maximum Gasteiger partial charge on any atom is 0.269 e. The van der Waals surface area contributed by atoms with Gasteiger partial charge in [0, 0.05) is 25.6 Å². The van der Waals surface area contributed by atoms with E-state index in [4.69, 9.17) is 16.3 Å². The van der Waals surface area contributed by atoms with Crippen LogP contribution >= 0.6 is 11.6 Å². The number of ether oxygens (including phenoxy) is 1. The summed E-state index contributed by atoms with van der Waals surface area (Å²) in [4.78, 5) is 37.5. The van der Waals surface area contributed by atoms with Crippen LogP contribution in [0.15, 0.2) is 29.6 Å². The minimum absolute atomic E-state index is 0.103. The molecule has 1 aromatic carbocycles. The van der Waals surface area contributed by atoms with Gasteiger partial charge in [-0.25, -0.2) is 4.39 Å². The molecule has 0 atom stereocenters. The average Bonchev–Trinajstić information content (AvgIpc) is 3.26. The van der Waals surface area contributed by atoms with Crippen LogP contribution in [0.2, 0.25) is 5.02 Å². The van der Waals surface area contributed by atoms with Crippen molar-refractivity contribution < 1.29 is 23.5 Å². The van der Waals surface area contributed by atoms with Gasteiger partial charge >= 0.3 is 0 Å². The summed E-state index contributed by atoms with van der Waals surface area (Å²) in [6.45, 7) is 0.997. The molecule has 1 aliphatic heterocycles. The molecule has 0 spiro atoms. The third-order valence-electron chi connectivity index (χ3n) is 5.45. The minimum atomic E-state index is -0.470. The third-order valence-corrected chi connectivity index (χ3v) is 5.76. The Morgan fingerprint density at radius 3 is 2.47 bits per heavy atom. The summed E-state index contributed by atoms with van der Waals surface area (Å²) in [7, 11) is 1.54. The van der Waals surface area contributed by atoms with E-state index in [1.54, 1.807) is 0 Å². The van der Waals surface area contributed by atoms with Gasteiger partial charge in [-0.05, 0) is 43.9 Å². The zero-order valence-electron chi connectivity index (χ0n) is 17.7. The first-order valence-electron chi connectivity index (χ1n) is 10.4. The molecule has 0 unspecified atom stereocenters. The number of methoxy groups -OCH3 is 1. The first-order valence-corrected chi connectivity index (χ1v) is 10.8. The number of benzene rings is 1. The second-order valence-electron chi connectivity index (χ2n) is 7.66. The Morgan fingerprint density at radius 1 is 1.12 bits per heavy atom. The predicted molar refractivity (Wildman–Crippen MR) is 117 cm³/mol. The standard InChI is InChI=1S/C21H27ClFN5O4/c1-32-9-8-24-20(30)17-18(26-11-25-17)21(31)27-14-5-2-12(3-6-14)19(29)28-16-7-4-13(23)10-15(16)22/h4,7,10,12,14,25-26H,2-3,5-6,8-9,11H2,1H3,(H,24,30)(H,27,31)(H,28,29). The fourth-order valence-corrected chi connectivity index (χ4v) is 3.94. The lowest BCUT2D eigenvalue weighted by molar-refractivity contribution is -0.122. The molecular formula is C21H27ClFN5O4. The Balaban J connectivity index is 1.49. The molecule has 3 rings (SSSR count). The van der Waals surface area contributed by atoms with Gasteiger partial charge in [-0.15, -0.1) is 0 Å². The van der Waals surface area contributed by atoms with E-state index in [2.05, 4.69) is 26.6 Å². The number of hydrogen-bond donors (Lipinski definition) is 5. The summed E-state index contributed by atoms with van der Waals surface area (Å²) in [5.41, 5.74) is 0.769. The summed E-state index contributed by atoms with van der Waals surface area (Å²) in [6.07, 6.45) is 2.42. The van der Waals surface area contributed by atoms with Gasteiger partial charge in [0.25, 0.3) is 11.8 Å². The minimum Gasteiger partial charge on any atom is -0.383 e. The lowest BCUT2D eigenvalue weighted by Crippen LogP contribution is -2.42. The molecule has 9 nitrogen and oxygen atoms in total. The van der Waals surface area contributed by atoms with Gasteiger partial charge in [0.1, 0.15) is 17.2 Å². The van der Waals surface area contributed by atoms with Crippen LogP contribution in [0.4, 0.5) is 10.1 Å². The molecular weight excluding hydrogens is 441 g/mol. The lowest BCUT2D eigenvalue weighted by Gasteiger charge is -2.28. The summed E-state index contributed by atoms with van der Waals surface area (Å²) in [6, 6.07) is 3.71. The van der Waals surface area contributed by atoms with Crippen LogP contribution in [-0.4, -0.2) is 50.7 Å². The van der Waals surface area contributed by atoms with E-state index in [0.29, 0.717) is 44.5 Å². The molecule has 0 saturated heterocycles. The highest BCUT2D eigenvalue weighted by atomic mass is 35.5. The van der Waals surface area contributed by atoms with E-state index >= 15 is 0 Å². The molecule has 1 saturated carbocycles. The smallest absolute Gasteiger partial charge is 0.269 e. The summed E-state index contributed by atoms with van der Waals surface area (Å²) < 4.78 is 18.1. The topological polar surface area (TPSA) is 121 Å². The van der Waals surface area contributed by atoms with Crippen LogP contribution < -0.4 is 26.6 Å². The van der Waals surface area contributed by atoms with Crippen LogP contribution in [0.25, 0.3) is 0 Å². The van der Waals surface area contributed by atoms with Crippen LogP contribution in [0, 0.1) is 11.7 Å². The molecule has 3 amide bonds. The highest BCUT2D eigenvalue weighted by molar-refractivity contribution is 6.33. The van der Waals surface area contributed by atoms with Crippen molar-refractivity contribution in [2.75, 3.05) is 32.2 Å². The number of amides is 3. The zero-order valence-corrected chi connectivity index (χ0v) is 18.5. The second-order valence-corrected chi connectivity index (χ2v) is 8.07. The highest BCUT2D eigenvalue weighted by Crippen LogP contribution is 2.28. The molecule has 1 aliphatic carbocycles. The lowest BCUT2D eigenvalue weighted by atomic mass is 9.85. The normalized spacial score (nSPS) is 20.2. The van der Waals surface area contributed by atoms with Crippen LogP contribution in [-0.2, 0) is 19.1 Å². The van der Waals surface area contributed by atoms with Gasteiger partial charge in [0.05, 0.1) is 24.0 Å². The van der Waals surface area contributed by atoms with E-state index in [-0.39, 0.29) is 52.8 Å². The van der Waals surface area contributed by atoms with Crippen molar-refractivity contribution in [1.29, 1.82) is 0 Å². The van der Waals surface area contributed by atoms with Crippen molar-refractivity contribution in [1.82, 2.24) is 21.3 Å². The number of hydrogen-bond acceptors (Lipinski definition) is 6. The maximum atomic E-state index is 13.2. The largest absolute Gasteiger partial charge is 0.383 e. The summed E-state index contributed by atoms with van der Waals surface area (Å²) in [5, 5.41) is 14.3. The van der Waals surface area contributed by atoms with Gasteiger partial charge in [-0.1, -0.05) is 11.6 Å². The van der Waals surface area contributed by atoms with E-state index in [0.717, 1.165) is 6.07 Å². The number of carbonyl (C=O) groups is 3. The van der Waals surface area contributed by atoms with Crippen LogP contribution in [0.3, 0.4) is 0 Å². The first kappa shape index (κ1) is 23.8. The second kappa shape index (κ2) is 11.1. The molecule has 0 aromatic heterocycles. The highest BCUT2D eigenvalue weighted by Gasteiger charge is 2.30. The number of rotatable bonds is 8. The Kier molecular flexibility index (Phi) is 8.29. The third kappa shape index (κ3) is 6.10. The number of anilines is 1. The van der Waals surface area contributed by atoms with E-state index in [1.165, 1.54) is 19.2 Å². The Hall–Kier alpha value is -2.85. The number of halogens is 2. The fraction of sp³-hybridized carbons (Fsp3) is 0.476. The molecule has 1 aromatic rings. The number of carbonyl (C=O) groups excluding carboxylic acids is 3. The van der Waals surface area contributed by atoms with Gasteiger partial charge in [-0.2, -0.15) is 0 Å². The Bertz CT molecular complexity index is 902. The monoisotopic (exact) mass is 467 g/mol. The molecule has 32 heavy (non-hydrogen) atoms. The molecule has 1 fully saturated rings. The summed E-state index contributed by atoms with van der Waals surface area (Å²) >= 11 is 5.97. The van der Waals surface area contributed by atoms with Crippen molar-refractivity contribution in [2.45, 2.75) is 31.7 Å². The molecule has 174 valence electrons. The van der Waals surface area contributed by atoms with E-state index < -0.39 is 5.82 Å². The fourth-order valence-electron chi connectivity index (χ4n) is 3.72. The van der Waals surface area contributed by atoms with Gasteiger partial charge in [-0.3, -0.25) is 14.4 Å². The van der Waals surface area contributed by atoms with Crippen LogP contribution in [0.1, 0.15) is 25.7 Å². The van der Waals surface area contributed by atoms with E-state index in [1.807, 2.05) is 0 Å². The van der Waals surface area contributed by atoms with Crippen molar-refractivity contribution in [3.8, 4) is 0 Å². The first-order chi connectivity index (χ1) is 15.4. The van der Waals surface area contributed by atoms with Gasteiger partial charge in [0.2, 0.25) is 5.91 Å². The molecule has 2 aliphatic rings. The molecule has 0 bridgehead atoms. The summed E-state index contributed by atoms with van der Waals surface area (Å²) in [5.74, 6) is -1.61.